The Hall–Kier alpha value is -0.470. The Kier molecular flexibility index (Phi) is 3.33. The molecule has 1 aromatic carbocycles. The Morgan fingerprint density at radius 1 is 1.30 bits per heavy atom. The van der Waals surface area contributed by atoms with Crippen molar-refractivity contribution in [2.75, 3.05) is 6.26 Å². The van der Waals surface area contributed by atoms with Gasteiger partial charge < -0.3 is 4.18 Å². The van der Waals surface area contributed by atoms with Crippen LogP contribution in [0.25, 0.3) is 0 Å². The van der Waals surface area contributed by atoms with Crippen LogP contribution in [-0.4, -0.2) is 6.26 Å². The molecule has 1 nitrogen and oxygen atoms in total. The molecular formula is C8H10OS. The third-order valence-electron chi connectivity index (χ3n) is 1.19. The summed E-state index contributed by atoms with van der Waals surface area (Å²) in [5, 5.41) is 0. The molecule has 54 valence electrons. The first kappa shape index (κ1) is 7.63. The molecule has 0 amide bonds. The van der Waals surface area contributed by atoms with E-state index in [1.54, 1.807) is 0 Å². The fourth-order valence-corrected chi connectivity index (χ4v) is 0.955. The van der Waals surface area contributed by atoms with Crippen LogP contribution in [0.4, 0.5) is 0 Å². The Morgan fingerprint density at radius 2 is 2.00 bits per heavy atom. The van der Waals surface area contributed by atoms with Gasteiger partial charge in [0.25, 0.3) is 0 Å². The topological polar surface area (TPSA) is 9.23 Å². The van der Waals surface area contributed by atoms with E-state index in [-0.39, 0.29) is 0 Å². The van der Waals surface area contributed by atoms with Crippen molar-refractivity contribution in [2.24, 2.45) is 0 Å². The lowest BCUT2D eigenvalue weighted by atomic mass is 10.2. The summed E-state index contributed by atoms with van der Waals surface area (Å²) in [6.45, 7) is 0.696. The Morgan fingerprint density at radius 3 is 2.60 bits per heavy atom. The monoisotopic (exact) mass is 154 g/mol. The van der Waals surface area contributed by atoms with Crippen LogP contribution in [0.2, 0.25) is 0 Å². The zero-order chi connectivity index (χ0) is 7.23. The van der Waals surface area contributed by atoms with Gasteiger partial charge in [-0.3, -0.25) is 0 Å². The van der Waals surface area contributed by atoms with Crippen LogP contribution in [0.1, 0.15) is 5.56 Å². The van der Waals surface area contributed by atoms with E-state index in [4.69, 9.17) is 4.18 Å². The first-order valence-electron chi connectivity index (χ1n) is 3.13. The van der Waals surface area contributed by atoms with Crippen molar-refractivity contribution in [2.45, 2.75) is 6.61 Å². The lowest BCUT2D eigenvalue weighted by Crippen LogP contribution is -1.82. The maximum atomic E-state index is 5.14. The molecule has 0 unspecified atom stereocenters. The second kappa shape index (κ2) is 4.36. The molecule has 0 bridgehead atoms. The minimum atomic E-state index is 0.696. The highest BCUT2D eigenvalue weighted by molar-refractivity contribution is 7.93. The number of hydrogen-bond donors (Lipinski definition) is 0. The van der Waals surface area contributed by atoms with E-state index in [0.29, 0.717) is 6.61 Å². The van der Waals surface area contributed by atoms with Gasteiger partial charge >= 0.3 is 0 Å². The van der Waals surface area contributed by atoms with E-state index < -0.39 is 0 Å². The predicted octanol–water partition coefficient (Wildman–Crippen LogP) is 2.48. The van der Waals surface area contributed by atoms with Crippen molar-refractivity contribution in [1.29, 1.82) is 0 Å². The molecule has 1 rings (SSSR count). The lowest BCUT2D eigenvalue weighted by molar-refractivity contribution is 0.366. The summed E-state index contributed by atoms with van der Waals surface area (Å²) in [5.41, 5.74) is 1.22. The maximum Gasteiger partial charge on any atom is 0.0864 e. The summed E-state index contributed by atoms with van der Waals surface area (Å²) in [6.07, 6.45) is 1.92. The highest BCUT2D eigenvalue weighted by atomic mass is 32.2. The van der Waals surface area contributed by atoms with Gasteiger partial charge in [-0.1, -0.05) is 30.3 Å². The zero-order valence-corrected chi connectivity index (χ0v) is 6.73. The van der Waals surface area contributed by atoms with E-state index in [9.17, 15) is 0 Å². The lowest BCUT2D eigenvalue weighted by Gasteiger charge is -1.97. The third-order valence-corrected chi connectivity index (χ3v) is 1.54. The van der Waals surface area contributed by atoms with Crippen molar-refractivity contribution >= 4 is 12.0 Å². The van der Waals surface area contributed by atoms with Gasteiger partial charge in [0.1, 0.15) is 0 Å². The summed E-state index contributed by atoms with van der Waals surface area (Å²) in [6, 6.07) is 10.1. The van der Waals surface area contributed by atoms with Crippen molar-refractivity contribution < 1.29 is 4.18 Å². The second-order valence-electron chi connectivity index (χ2n) is 1.91. The maximum absolute atomic E-state index is 5.14. The van der Waals surface area contributed by atoms with Gasteiger partial charge in [0.2, 0.25) is 0 Å². The Bertz CT molecular complexity index is 174. The van der Waals surface area contributed by atoms with Gasteiger partial charge in [-0.15, -0.1) is 0 Å². The minimum Gasteiger partial charge on any atom is -0.311 e. The normalized spacial score (nSPS) is 9.70. The van der Waals surface area contributed by atoms with Crippen LogP contribution >= 0.6 is 12.0 Å². The van der Waals surface area contributed by atoms with Crippen LogP contribution in [0.5, 0.6) is 0 Å². The number of rotatable bonds is 3. The first-order valence-corrected chi connectivity index (χ1v) is 4.28. The molecule has 0 radical (unpaired) electrons. The van der Waals surface area contributed by atoms with Crippen LogP contribution in [-0.2, 0) is 10.8 Å². The van der Waals surface area contributed by atoms with Crippen LogP contribution in [0, 0.1) is 0 Å². The molecule has 0 aromatic heterocycles. The van der Waals surface area contributed by atoms with Crippen molar-refractivity contribution in [3.63, 3.8) is 0 Å². The average Bonchev–Trinajstić information content (AvgIpc) is 2.03. The van der Waals surface area contributed by atoms with E-state index in [2.05, 4.69) is 12.1 Å². The van der Waals surface area contributed by atoms with Crippen molar-refractivity contribution in [1.82, 2.24) is 0 Å². The molecule has 0 atom stereocenters. The molecule has 0 N–H and O–H groups in total. The quantitative estimate of drug-likeness (QED) is 0.618. The van der Waals surface area contributed by atoms with Gasteiger partial charge in [-0.2, -0.15) is 0 Å². The summed E-state index contributed by atoms with van der Waals surface area (Å²) < 4.78 is 5.14. The van der Waals surface area contributed by atoms with Crippen LogP contribution in [0.3, 0.4) is 0 Å². The molecular weight excluding hydrogens is 144 g/mol. The molecule has 0 aliphatic heterocycles. The largest absolute Gasteiger partial charge is 0.311 e. The number of benzene rings is 1. The Labute approximate surface area is 65.6 Å². The van der Waals surface area contributed by atoms with E-state index in [0.717, 1.165) is 0 Å². The molecule has 0 fully saturated rings. The molecule has 2 heteroatoms. The molecule has 0 aliphatic carbocycles. The molecule has 1 aromatic rings. The first-order chi connectivity index (χ1) is 4.93. The third kappa shape index (κ3) is 2.42. The van der Waals surface area contributed by atoms with Crippen LogP contribution < -0.4 is 0 Å². The van der Waals surface area contributed by atoms with E-state index in [1.165, 1.54) is 17.6 Å². The fraction of sp³-hybridized carbons (Fsp3) is 0.250. The Balaban J connectivity index is 2.43. The second-order valence-corrected chi connectivity index (χ2v) is 2.48. The predicted molar refractivity (Wildman–Crippen MR) is 44.7 cm³/mol. The molecule has 0 aliphatic rings. The number of hydrogen-bond acceptors (Lipinski definition) is 2. The summed E-state index contributed by atoms with van der Waals surface area (Å²) in [7, 11) is 0. The highest BCUT2D eigenvalue weighted by Gasteiger charge is 1.87. The molecule has 10 heavy (non-hydrogen) atoms. The molecule has 0 spiro atoms. The van der Waals surface area contributed by atoms with Gasteiger partial charge in [0.15, 0.2) is 0 Å². The summed E-state index contributed by atoms with van der Waals surface area (Å²) in [5.74, 6) is 0. The molecule has 0 saturated heterocycles. The van der Waals surface area contributed by atoms with Gasteiger partial charge in [-0.05, 0) is 17.6 Å². The van der Waals surface area contributed by atoms with Gasteiger partial charge in [0, 0.05) is 6.26 Å². The van der Waals surface area contributed by atoms with E-state index >= 15 is 0 Å². The standard InChI is InChI=1S/C8H10OS/c1-10-9-7-8-5-3-2-4-6-8/h2-6H,7H2,1H3. The van der Waals surface area contributed by atoms with Gasteiger partial charge in [-0.25, -0.2) is 0 Å². The smallest absolute Gasteiger partial charge is 0.0864 e. The van der Waals surface area contributed by atoms with Gasteiger partial charge in [0.05, 0.1) is 6.61 Å². The van der Waals surface area contributed by atoms with Crippen molar-refractivity contribution in [3.05, 3.63) is 35.9 Å². The molecule has 0 saturated carbocycles. The fourth-order valence-electron chi connectivity index (χ4n) is 0.701. The average molecular weight is 154 g/mol. The molecule has 0 heterocycles. The minimum absolute atomic E-state index is 0.696. The SMILES string of the molecule is CSOCc1ccccc1. The van der Waals surface area contributed by atoms with Crippen LogP contribution in [0.15, 0.2) is 30.3 Å². The highest BCUT2D eigenvalue weighted by Crippen LogP contribution is 2.04. The van der Waals surface area contributed by atoms with Crippen molar-refractivity contribution in [3.8, 4) is 0 Å². The summed E-state index contributed by atoms with van der Waals surface area (Å²) in [4.78, 5) is 0. The summed E-state index contributed by atoms with van der Waals surface area (Å²) >= 11 is 1.40. The van der Waals surface area contributed by atoms with E-state index in [1.807, 2.05) is 24.5 Å². The zero-order valence-electron chi connectivity index (χ0n) is 5.91.